The van der Waals surface area contributed by atoms with Crippen LogP contribution in [0.4, 0.5) is 4.79 Å². The lowest BCUT2D eigenvalue weighted by atomic mass is 10.2. The van der Waals surface area contributed by atoms with Gasteiger partial charge in [-0.3, -0.25) is 4.90 Å². The molecular formula is C13H26N2O3. The first kappa shape index (κ1) is 15.2. The molecule has 0 bridgehead atoms. The largest absolute Gasteiger partial charge is 0.444 e. The Kier molecular flexibility index (Phi) is 5.41. The van der Waals surface area contributed by atoms with Crippen molar-refractivity contribution in [2.75, 3.05) is 40.4 Å². The van der Waals surface area contributed by atoms with E-state index in [9.17, 15) is 4.79 Å². The number of hydrogen-bond acceptors (Lipinski definition) is 4. The third-order valence-corrected chi connectivity index (χ3v) is 3.02. The van der Waals surface area contributed by atoms with Crippen LogP contribution in [-0.2, 0) is 9.47 Å². The van der Waals surface area contributed by atoms with E-state index in [0.717, 1.165) is 26.2 Å². The van der Waals surface area contributed by atoms with Crippen LogP contribution < -0.4 is 0 Å². The summed E-state index contributed by atoms with van der Waals surface area (Å²) in [6.07, 6.45) is 0.811. The van der Waals surface area contributed by atoms with Crippen LogP contribution in [0, 0.1) is 0 Å². The van der Waals surface area contributed by atoms with Gasteiger partial charge in [0.15, 0.2) is 0 Å². The van der Waals surface area contributed by atoms with Gasteiger partial charge in [0.2, 0.25) is 0 Å². The van der Waals surface area contributed by atoms with Gasteiger partial charge in [0.05, 0.1) is 6.61 Å². The predicted molar refractivity (Wildman–Crippen MR) is 70.7 cm³/mol. The Morgan fingerprint density at radius 2 is 2.00 bits per heavy atom. The summed E-state index contributed by atoms with van der Waals surface area (Å²) in [6, 6.07) is 0.483. The monoisotopic (exact) mass is 258 g/mol. The number of carbonyl (C=O) groups is 1. The molecule has 1 aliphatic rings. The zero-order valence-corrected chi connectivity index (χ0v) is 12.2. The van der Waals surface area contributed by atoms with Crippen LogP contribution in [0.25, 0.3) is 0 Å². The molecule has 0 aliphatic carbocycles. The molecule has 0 unspecified atom stereocenters. The van der Waals surface area contributed by atoms with Gasteiger partial charge in [-0.25, -0.2) is 4.79 Å². The fourth-order valence-corrected chi connectivity index (χ4v) is 1.79. The van der Waals surface area contributed by atoms with Gasteiger partial charge in [-0.15, -0.1) is 0 Å². The van der Waals surface area contributed by atoms with Crippen molar-refractivity contribution in [2.24, 2.45) is 0 Å². The first-order valence-electron chi connectivity index (χ1n) is 6.51. The fourth-order valence-electron chi connectivity index (χ4n) is 1.79. The third kappa shape index (κ3) is 5.23. The molecule has 18 heavy (non-hydrogen) atoms. The summed E-state index contributed by atoms with van der Waals surface area (Å²) in [4.78, 5) is 15.6. The summed E-state index contributed by atoms with van der Waals surface area (Å²) in [7, 11) is 3.84. The van der Waals surface area contributed by atoms with Crippen molar-refractivity contribution in [3.05, 3.63) is 0 Å². The summed E-state index contributed by atoms with van der Waals surface area (Å²) in [5.74, 6) is 0. The molecule has 5 nitrogen and oxygen atoms in total. The molecule has 1 atom stereocenters. The molecule has 0 saturated carbocycles. The normalized spacial score (nSPS) is 20.2. The van der Waals surface area contributed by atoms with Crippen LogP contribution in [0.2, 0.25) is 0 Å². The van der Waals surface area contributed by atoms with Crippen molar-refractivity contribution < 1.29 is 14.3 Å². The van der Waals surface area contributed by atoms with Gasteiger partial charge in [0.1, 0.15) is 5.60 Å². The van der Waals surface area contributed by atoms with E-state index in [1.165, 1.54) is 0 Å². The number of ether oxygens (including phenoxy) is 2. The molecular weight excluding hydrogens is 232 g/mol. The van der Waals surface area contributed by atoms with E-state index in [-0.39, 0.29) is 6.09 Å². The Balaban J connectivity index is 2.27. The van der Waals surface area contributed by atoms with Crippen LogP contribution in [0.1, 0.15) is 27.2 Å². The summed E-state index contributed by atoms with van der Waals surface area (Å²) < 4.78 is 10.7. The van der Waals surface area contributed by atoms with Crippen LogP contribution in [0.15, 0.2) is 0 Å². The van der Waals surface area contributed by atoms with E-state index in [2.05, 4.69) is 11.9 Å². The Bertz CT molecular complexity index is 270. The molecule has 5 heteroatoms. The van der Waals surface area contributed by atoms with Gasteiger partial charge in [-0.2, -0.15) is 0 Å². The van der Waals surface area contributed by atoms with Crippen LogP contribution in [0.5, 0.6) is 0 Å². The standard InChI is InChI=1S/C13H26N2O3/c1-13(2,3)18-12(16)15(5)8-7-14(4)11-6-9-17-10-11/h11H,6-10H2,1-5H3/t11-/m1/s1. The SMILES string of the molecule is CN(CCN(C)[C@@H]1CCOC1)C(=O)OC(C)(C)C. The van der Waals surface area contributed by atoms with Crippen LogP contribution in [0.3, 0.4) is 0 Å². The molecule has 1 aliphatic heterocycles. The first-order valence-corrected chi connectivity index (χ1v) is 6.51. The van der Waals surface area contributed by atoms with Crippen LogP contribution >= 0.6 is 0 Å². The highest BCUT2D eigenvalue weighted by Crippen LogP contribution is 2.11. The molecule has 0 aromatic carbocycles. The highest BCUT2D eigenvalue weighted by molar-refractivity contribution is 5.67. The van der Waals surface area contributed by atoms with Crippen molar-refractivity contribution in [3.63, 3.8) is 0 Å². The number of amides is 1. The maximum absolute atomic E-state index is 11.8. The Morgan fingerprint density at radius 1 is 1.33 bits per heavy atom. The smallest absolute Gasteiger partial charge is 0.410 e. The van der Waals surface area contributed by atoms with Gasteiger partial charge in [-0.1, -0.05) is 0 Å². The average Bonchev–Trinajstić information content (AvgIpc) is 2.76. The minimum absolute atomic E-state index is 0.265. The number of rotatable bonds is 4. The zero-order chi connectivity index (χ0) is 13.8. The molecule has 0 radical (unpaired) electrons. The topological polar surface area (TPSA) is 42.0 Å². The van der Waals surface area contributed by atoms with Gasteiger partial charge in [-0.05, 0) is 34.2 Å². The van der Waals surface area contributed by atoms with E-state index >= 15 is 0 Å². The maximum atomic E-state index is 11.8. The van der Waals surface area contributed by atoms with E-state index in [4.69, 9.17) is 9.47 Å². The van der Waals surface area contributed by atoms with E-state index in [1.54, 1.807) is 11.9 Å². The highest BCUT2D eigenvalue weighted by Gasteiger charge is 2.22. The molecule has 1 fully saturated rings. The summed E-state index contributed by atoms with van der Waals surface area (Å²) in [6.45, 7) is 8.78. The van der Waals surface area contributed by atoms with Gasteiger partial charge in [0.25, 0.3) is 0 Å². The molecule has 0 aromatic heterocycles. The zero-order valence-electron chi connectivity index (χ0n) is 12.2. The van der Waals surface area contributed by atoms with Gasteiger partial charge < -0.3 is 14.4 Å². The number of hydrogen-bond donors (Lipinski definition) is 0. The molecule has 1 heterocycles. The third-order valence-electron chi connectivity index (χ3n) is 3.02. The molecule has 1 amide bonds. The average molecular weight is 258 g/mol. The molecule has 1 rings (SSSR count). The highest BCUT2D eigenvalue weighted by atomic mass is 16.6. The van der Waals surface area contributed by atoms with Crippen molar-refractivity contribution in [3.8, 4) is 0 Å². The lowest BCUT2D eigenvalue weighted by molar-refractivity contribution is 0.0279. The molecule has 0 aromatic rings. The second-order valence-electron chi connectivity index (χ2n) is 5.90. The Hall–Kier alpha value is -0.810. The molecule has 0 spiro atoms. The summed E-state index contributed by atoms with van der Waals surface area (Å²) >= 11 is 0. The maximum Gasteiger partial charge on any atom is 0.410 e. The second-order valence-corrected chi connectivity index (χ2v) is 5.90. The summed E-state index contributed by atoms with van der Waals surface area (Å²) in [5, 5.41) is 0. The summed E-state index contributed by atoms with van der Waals surface area (Å²) in [5.41, 5.74) is -0.434. The van der Waals surface area contributed by atoms with Crippen molar-refractivity contribution in [1.82, 2.24) is 9.80 Å². The molecule has 1 saturated heterocycles. The molecule has 0 N–H and O–H groups in total. The Labute approximate surface area is 110 Å². The van der Waals surface area contributed by atoms with Gasteiger partial charge in [0, 0.05) is 32.8 Å². The van der Waals surface area contributed by atoms with Crippen molar-refractivity contribution in [1.29, 1.82) is 0 Å². The van der Waals surface area contributed by atoms with Crippen molar-refractivity contribution >= 4 is 6.09 Å². The second kappa shape index (κ2) is 6.38. The number of likely N-dealkylation sites (N-methyl/N-ethyl adjacent to an activating group) is 2. The first-order chi connectivity index (χ1) is 8.29. The number of nitrogens with zero attached hydrogens (tertiary/aromatic N) is 2. The minimum Gasteiger partial charge on any atom is -0.444 e. The lowest BCUT2D eigenvalue weighted by Crippen LogP contribution is -2.41. The van der Waals surface area contributed by atoms with E-state index < -0.39 is 5.60 Å². The van der Waals surface area contributed by atoms with Gasteiger partial charge >= 0.3 is 6.09 Å². The lowest BCUT2D eigenvalue weighted by Gasteiger charge is -2.28. The Morgan fingerprint density at radius 3 is 2.50 bits per heavy atom. The quantitative estimate of drug-likeness (QED) is 0.767. The molecule has 106 valence electrons. The minimum atomic E-state index is -0.434. The van der Waals surface area contributed by atoms with E-state index in [0.29, 0.717) is 12.6 Å². The number of carbonyl (C=O) groups excluding carboxylic acids is 1. The van der Waals surface area contributed by atoms with E-state index in [1.807, 2.05) is 20.8 Å². The fraction of sp³-hybridized carbons (Fsp3) is 0.923. The van der Waals surface area contributed by atoms with Crippen LogP contribution in [-0.4, -0.2) is 67.9 Å². The predicted octanol–water partition coefficient (Wildman–Crippen LogP) is 1.57. The van der Waals surface area contributed by atoms with Crippen molar-refractivity contribution in [2.45, 2.75) is 38.8 Å².